The average Bonchev–Trinajstić information content (AvgIpc) is 2.67. The Kier molecular flexibility index (Phi) is 7.49. The highest BCUT2D eigenvalue weighted by Gasteiger charge is 2.15. The highest BCUT2D eigenvalue weighted by atomic mass is 19.1. The number of likely N-dealkylation sites (N-methyl/N-ethyl adjacent to an activating group) is 1. The molecule has 0 aliphatic rings. The lowest BCUT2D eigenvalue weighted by atomic mass is 10.1. The van der Waals surface area contributed by atoms with Gasteiger partial charge in [0.15, 0.2) is 6.61 Å². The van der Waals surface area contributed by atoms with Crippen LogP contribution in [-0.2, 0) is 25.5 Å². The zero-order valence-electron chi connectivity index (χ0n) is 15.0. The van der Waals surface area contributed by atoms with Crippen molar-refractivity contribution >= 4 is 23.5 Å². The molecule has 1 N–H and O–H groups in total. The topological polar surface area (TPSA) is 75.7 Å². The lowest BCUT2D eigenvalue weighted by Gasteiger charge is -2.16. The fourth-order valence-electron chi connectivity index (χ4n) is 2.25. The molecule has 0 fully saturated rings. The summed E-state index contributed by atoms with van der Waals surface area (Å²) in [5, 5.41) is 2.55. The van der Waals surface area contributed by atoms with Crippen LogP contribution in [0.25, 0.3) is 0 Å². The van der Waals surface area contributed by atoms with E-state index >= 15 is 0 Å². The molecule has 142 valence electrons. The molecule has 27 heavy (non-hydrogen) atoms. The number of carbonyl (C=O) groups excluding carboxylic acids is 3. The van der Waals surface area contributed by atoms with Crippen LogP contribution in [0, 0.1) is 5.82 Å². The molecule has 0 aromatic heterocycles. The summed E-state index contributed by atoms with van der Waals surface area (Å²) in [5.74, 6) is -1.81. The van der Waals surface area contributed by atoms with Gasteiger partial charge in [-0.15, -0.1) is 0 Å². The molecule has 2 amide bonds. The SMILES string of the molecule is CN(CC(=O)Nc1ccc(F)cc1)C(=O)COC(=O)CCc1ccccc1. The molecule has 2 rings (SSSR count). The van der Waals surface area contributed by atoms with E-state index in [-0.39, 0.29) is 13.0 Å². The maximum Gasteiger partial charge on any atom is 0.306 e. The van der Waals surface area contributed by atoms with Crippen molar-refractivity contribution in [1.82, 2.24) is 4.90 Å². The van der Waals surface area contributed by atoms with Crippen LogP contribution in [0.15, 0.2) is 54.6 Å². The highest BCUT2D eigenvalue weighted by Crippen LogP contribution is 2.08. The van der Waals surface area contributed by atoms with E-state index in [2.05, 4.69) is 5.32 Å². The third-order valence-corrected chi connectivity index (χ3v) is 3.75. The molecular weight excluding hydrogens is 351 g/mol. The molecule has 2 aromatic carbocycles. The first-order valence-corrected chi connectivity index (χ1v) is 8.43. The van der Waals surface area contributed by atoms with Crippen LogP contribution >= 0.6 is 0 Å². The number of anilines is 1. The fourth-order valence-corrected chi connectivity index (χ4v) is 2.25. The molecule has 0 radical (unpaired) electrons. The van der Waals surface area contributed by atoms with Gasteiger partial charge < -0.3 is 15.0 Å². The van der Waals surface area contributed by atoms with Crippen LogP contribution in [0.3, 0.4) is 0 Å². The summed E-state index contributed by atoms with van der Waals surface area (Å²) in [6, 6.07) is 14.8. The van der Waals surface area contributed by atoms with E-state index in [4.69, 9.17) is 4.74 Å². The van der Waals surface area contributed by atoms with E-state index in [1.807, 2.05) is 30.3 Å². The van der Waals surface area contributed by atoms with Crippen LogP contribution in [0.5, 0.6) is 0 Å². The highest BCUT2D eigenvalue weighted by molar-refractivity contribution is 5.94. The van der Waals surface area contributed by atoms with Gasteiger partial charge >= 0.3 is 5.97 Å². The Morgan fingerprint density at radius 2 is 1.70 bits per heavy atom. The smallest absolute Gasteiger partial charge is 0.306 e. The van der Waals surface area contributed by atoms with E-state index in [1.54, 1.807) is 0 Å². The van der Waals surface area contributed by atoms with Crippen molar-refractivity contribution in [3.05, 3.63) is 66.0 Å². The van der Waals surface area contributed by atoms with Gasteiger partial charge in [0.05, 0.1) is 6.54 Å². The summed E-state index contributed by atoms with van der Waals surface area (Å²) >= 11 is 0. The van der Waals surface area contributed by atoms with Gasteiger partial charge in [-0.25, -0.2) is 4.39 Å². The third-order valence-electron chi connectivity index (χ3n) is 3.75. The van der Waals surface area contributed by atoms with Crippen molar-refractivity contribution < 1.29 is 23.5 Å². The molecule has 0 saturated heterocycles. The largest absolute Gasteiger partial charge is 0.456 e. The van der Waals surface area contributed by atoms with Crippen molar-refractivity contribution in [2.45, 2.75) is 12.8 Å². The van der Waals surface area contributed by atoms with Crippen LogP contribution in [-0.4, -0.2) is 42.9 Å². The van der Waals surface area contributed by atoms with E-state index in [0.717, 1.165) is 10.5 Å². The summed E-state index contributed by atoms with van der Waals surface area (Å²) in [5.41, 5.74) is 1.44. The number of carbonyl (C=O) groups is 3. The fraction of sp³-hybridized carbons (Fsp3) is 0.250. The van der Waals surface area contributed by atoms with Gasteiger partial charge in [-0.2, -0.15) is 0 Å². The summed E-state index contributed by atoms with van der Waals surface area (Å²) in [4.78, 5) is 36.8. The second-order valence-corrected chi connectivity index (χ2v) is 5.95. The standard InChI is InChI=1S/C20H21FN2O4/c1-23(13-18(24)22-17-10-8-16(21)9-11-17)19(25)14-27-20(26)12-7-15-5-3-2-4-6-15/h2-6,8-11H,7,12-14H2,1H3,(H,22,24). The van der Waals surface area contributed by atoms with Crippen molar-refractivity contribution in [2.24, 2.45) is 0 Å². The lowest BCUT2D eigenvalue weighted by Crippen LogP contribution is -2.37. The van der Waals surface area contributed by atoms with E-state index < -0.39 is 30.2 Å². The molecule has 0 unspecified atom stereocenters. The Hall–Kier alpha value is -3.22. The number of amides is 2. The van der Waals surface area contributed by atoms with E-state index in [1.165, 1.54) is 31.3 Å². The number of ether oxygens (including phenoxy) is 1. The first-order chi connectivity index (χ1) is 12.9. The molecule has 6 nitrogen and oxygen atoms in total. The molecule has 0 bridgehead atoms. The monoisotopic (exact) mass is 372 g/mol. The van der Waals surface area contributed by atoms with Gasteiger partial charge in [0.2, 0.25) is 5.91 Å². The number of nitrogens with zero attached hydrogens (tertiary/aromatic N) is 1. The Morgan fingerprint density at radius 3 is 2.37 bits per heavy atom. The Labute approximate surface area is 156 Å². The summed E-state index contributed by atoms with van der Waals surface area (Å²) in [6.45, 7) is -0.633. The Bertz CT molecular complexity index is 778. The maximum atomic E-state index is 12.8. The number of hydrogen-bond acceptors (Lipinski definition) is 4. The minimum atomic E-state index is -0.489. The van der Waals surface area contributed by atoms with Gasteiger partial charge in [-0.05, 0) is 36.2 Å². The van der Waals surface area contributed by atoms with Crippen molar-refractivity contribution in [3.8, 4) is 0 Å². The minimum absolute atomic E-state index is 0.173. The van der Waals surface area contributed by atoms with Crippen LogP contribution in [0.4, 0.5) is 10.1 Å². The van der Waals surface area contributed by atoms with Gasteiger partial charge in [-0.1, -0.05) is 30.3 Å². The number of halogens is 1. The summed E-state index contributed by atoms with van der Waals surface area (Å²) < 4.78 is 17.8. The van der Waals surface area contributed by atoms with Gasteiger partial charge in [-0.3, -0.25) is 14.4 Å². The Morgan fingerprint density at radius 1 is 1.04 bits per heavy atom. The minimum Gasteiger partial charge on any atom is -0.456 e. The van der Waals surface area contributed by atoms with Crippen molar-refractivity contribution in [1.29, 1.82) is 0 Å². The molecule has 0 heterocycles. The number of aryl methyl sites for hydroxylation is 1. The molecular formula is C20H21FN2O4. The predicted molar refractivity (Wildman–Crippen MR) is 98.4 cm³/mol. The van der Waals surface area contributed by atoms with Crippen LogP contribution in [0.1, 0.15) is 12.0 Å². The molecule has 0 aliphatic carbocycles. The van der Waals surface area contributed by atoms with E-state index in [9.17, 15) is 18.8 Å². The Balaban J connectivity index is 1.69. The molecule has 7 heteroatoms. The predicted octanol–water partition coefficient (Wildman–Crippen LogP) is 2.40. The first kappa shape index (κ1) is 20.1. The molecule has 0 atom stereocenters. The molecule has 0 aliphatic heterocycles. The zero-order valence-corrected chi connectivity index (χ0v) is 15.0. The number of hydrogen-bond donors (Lipinski definition) is 1. The van der Waals surface area contributed by atoms with E-state index in [0.29, 0.717) is 12.1 Å². The average molecular weight is 372 g/mol. The van der Waals surface area contributed by atoms with Crippen LogP contribution < -0.4 is 5.32 Å². The lowest BCUT2D eigenvalue weighted by molar-refractivity contribution is -0.151. The number of benzene rings is 2. The summed E-state index contributed by atoms with van der Waals surface area (Å²) in [6.07, 6.45) is 0.704. The summed E-state index contributed by atoms with van der Waals surface area (Å²) in [7, 11) is 1.43. The second kappa shape index (κ2) is 10.1. The number of nitrogens with one attached hydrogen (secondary N) is 1. The van der Waals surface area contributed by atoms with Gasteiger partial charge in [0.1, 0.15) is 5.82 Å². The van der Waals surface area contributed by atoms with Crippen molar-refractivity contribution in [3.63, 3.8) is 0 Å². The quantitative estimate of drug-likeness (QED) is 0.722. The molecule has 2 aromatic rings. The molecule has 0 saturated carbocycles. The first-order valence-electron chi connectivity index (χ1n) is 8.43. The third kappa shape index (κ3) is 7.27. The number of esters is 1. The van der Waals surface area contributed by atoms with Crippen LogP contribution in [0.2, 0.25) is 0 Å². The maximum absolute atomic E-state index is 12.8. The van der Waals surface area contributed by atoms with Crippen molar-refractivity contribution in [2.75, 3.05) is 25.5 Å². The second-order valence-electron chi connectivity index (χ2n) is 5.95. The normalized spacial score (nSPS) is 10.1. The van der Waals surface area contributed by atoms with Gasteiger partial charge in [0, 0.05) is 19.2 Å². The molecule has 0 spiro atoms. The number of rotatable bonds is 8. The zero-order chi connectivity index (χ0) is 19.6. The van der Waals surface area contributed by atoms with Gasteiger partial charge in [0.25, 0.3) is 5.91 Å².